The highest BCUT2D eigenvalue weighted by atomic mass is 32.2. The normalized spacial score (nSPS) is 14.1. The van der Waals surface area contributed by atoms with Crippen molar-refractivity contribution < 1.29 is 8.42 Å². The molecule has 2 rings (SSSR count). The number of allylic oxidation sites excluding steroid dienone is 1. The Morgan fingerprint density at radius 1 is 1.24 bits per heavy atom. The summed E-state index contributed by atoms with van der Waals surface area (Å²) in [7, 11) is -3.54. The van der Waals surface area contributed by atoms with Crippen molar-refractivity contribution >= 4 is 21.4 Å². The first-order valence-electron chi connectivity index (χ1n) is 6.69. The molecular weight excluding hydrogens is 302 g/mol. The topological polar surface area (TPSA) is 46.2 Å². The fourth-order valence-electron chi connectivity index (χ4n) is 1.94. The molecule has 0 bridgehead atoms. The molecule has 0 unspecified atom stereocenters. The second kappa shape index (κ2) is 6.56. The van der Waals surface area contributed by atoms with E-state index in [-0.39, 0.29) is 6.04 Å². The van der Waals surface area contributed by atoms with Crippen molar-refractivity contribution in [1.82, 2.24) is 4.72 Å². The average Bonchev–Trinajstić information content (AvgIpc) is 2.98. The van der Waals surface area contributed by atoms with Gasteiger partial charge in [0.2, 0.25) is 10.0 Å². The van der Waals surface area contributed by atoms with Gasteiger partial charge >= 0.3 is 0 Å². The van der Waals surface area contributed by atoms with Gasteiger partial charge in [0.25, 0.3) is 0 Å². The van der Waals surface area contributed by atoms with Crippen molar-refractivity contribution in [2.75, 3.05) is 0 Å². The van der Waals surface area contributed by atoms with Crippen LogP contribution < -0.4 is 4.72 Å². The maximum absolute atomic E-state index is 12.5. The van der Waals surface area contributed by atoms with E-state index in [1.54, 1.807) is 35.6 Å². The molecule has 1 aromatic carbocycles. The first-order valence-corrected chi connectivity index (χ1v) is 9.05. The van der Waals surface area contributed by atoms with Gasteiger partial charge in [-0.25, -0.2) is 8.42 Å². The van der Waals surface area contributed by atoms with Crippen LogP contribution in [0.2, 0.25) is 0 Å². The van der Waals surface area contributed by atoms with E-state index in [0.717, 1.165) is 16.0 Å². The van der Waals surface area contributed by atoms with Crippen LogP contribution in [0.25, 0.3) is 0 Å². The third kappa shape index (κ3) is 3.81. The molecule has 0 spiro atoms. The molecule has 0 saturated carbocycles. The zero-order chi connectivity index (χ0) is 15.5. The predicted octanol–water partition coefficient (Wildman–Crippen LogP) is 4.04. The zero-order valence-corrected chi connectivity index (χ0v) is 14.0. The molecule has 0 aliphatic heterocycles. The van der Waals surface area contributed by atoms with E-state index in [0.29, 0.717) is 4.90 Å². The Kier molecular flexibility index (Phi) is 4.98. The summed E-state index contributed by atoms with van der Waals surface area (Å²) in [4.78, 5) is 1.28. The molecule has 1 heterocycles. The minimum absolute atomic E-state index is 0.290. The molecule has 0 aliphatic rings. The van der Waals surface area contributed by atoms with Crippen LogP contribution in [0.3, 0.4) is 0 Å². The van der Waals surface area contributed by atoms with Crippen LogP contribution in [0, 0.1) is 6.92 Å². The summed E-state index contributed by atoms with van der Waals surface area (Å²) >= 11 is 1.55. The first-order chi connectivity index (χ1) is 9.94. The minimum atomic E-state index is -3.54. The van der Waals surface area contributed by atoms with Gasteiger partial charge in [0.05, 0.1) is 10.9 Å². The largest absolute Gasteiger partial charge is 0.241 e. The van der Waals surface area contributed by atoms with Gasteiger partial charge in [-0.05, 0) is 44.4 Å². The number of hydrogen-bond acceptors (Lipinski definition) is 3. The second-order valence-electron chi connectivity index (χ2n) is 4.92. The third-order valence-electron chi connectivity index (χ3n) is 3.34. The van der Waals surface area contributed by atoms with Crippen LogP contribution in [-0.4, -0.2) is 8.42 Å². The third-order valence-corrected chi connectivity index (χ3v) is 5.72. The predicted molar refractivity (Wildman–Crippen MR) is 88.0 cm³/mol. The van der Waals surface area contributed by atoms with E-state index < -0.39 is 10.0 Å². The standard InChI is InChI=1S/C16H19NO2S2/c1-4-13(3)16(15-6-5-11-20-15)17-21(18,19)14-9-7-12(2)8-10-14/h4-11,16-17H,1-3H3/b13-4+/t16-/m0/s1. The Morgan fingerprint density at radius 2 is 1.90 bits per heavy atom. The summed E-state index contributed by atoms with van der Waals surface area (Å²) in [6, 6.07) is 10.4. The molecular formula is C16H19NO2S2. The maximum Gasteiger partial charge on any atom is 0.241 e. The summed E-state index contributed by atoms with van der Waals surface area (Å²) < 4.78 is 27.9. The minimum Gasteiger partial charge on any atom is -0.207 e. The molecule has 3 nitrogen and oxygen atoms in total. The Balaban J connectivity index is 2.34. The smallest absolute Gasteiger partial charge is 0.207 e. The Morgan fingerprint density at radius 3 is 2.43 bits per heavy atom. The Labute approximate surface area is 130 Å². The quantitative estimate of drug-likeness (QED) is 0.845. The van der Waals surface area contributed by atoms with Gasteiger partial charge in [-0.3, -0.25) is 0 Å². The van der Waals surface area contributed by atoms with E-state index in [1.807, 2.05) is 44.4 Å². The summed E-state index contributed by atoms with van der Waals surface area (Å²) in [5.41, 5.74) is 2.02. The van der Waals surface area contributed by atoms with Crippen LogP contribution in [0.1, 0.15) is 30.3 Å². The number of thiophene rings is 1. The number of nitrogens with one attached hydrogen (secondary N) is 1. The van der Waals surface area contributed by atoms with Crippen LogP contribution in [0.4, 0.5) is 0 Å². The molecule has 0 amide bonds. The number of aryl methyl sites for hydroxylation is 1. The lowest BCUT2D eigenvalue weighted by molar-refractivity contribution is 0.572. The highest BCUT2D eigenvalue weighted by molar-refractivity contribution is 7.89. The van der Waals surface area contributed by atoms with Gasteiger partial charge in [0.1, 0.15) is 0 Å². The molecule has 21 heavy (non-hydrogen) atoms. The monoisotopic (exact) mass is 321 g/mol. The molecule has 112 valence electrons. The van der Waals surface area contributed by atoms with Gasteiger partial charge < -0.3 is 0 Å². The van der Waals surface area contributed by atoms with Crippen molar-refractivity contribution in [3.63, 3.8) is 0 Å². The molecule has 0 fully saturated rings. The molecule has 0 saturated heterocycles. The average molecular weight is 321 g/mol. The van der Waals surface area contributed by atoms with Crippen LogP contribution >= 0.6 is 11.3 Å². The summed E-state index contributed by atoms with van der Waals surface area (Å²) in [6.07, 6.45) is 1.93. The molecule has 5 heteroatoms. The summed E-state index contributed by atoms with van der Waals surface area (Å²) in [5, 5.41) is 1.95. The molecule has 0 radical (unpaired) electrons. The number of benzene rings is 1. The fourth-order valence-corrected chi connectivity index (χ4v) is 4.12. The van der Waals surface area contributed by atoms with E-state index in [2.05, 4.69) is 4.72 Å². The van der Waals surface area contributed by atoms with E-state index in [4.69, 9.17) is 0 Å². The van der Waals surface area contributed by atoms with Gasteiger partial charge in [-0.15, -0.1) is 11.3 Å². The van der Waals surface area contributed by atoms with Gasteiger partial charge in [-0.2, -0.15) is 4.72 Å². The van der Waals surface area contributed by atoms with Crippen molar-refractivity contribution in [2.24, 2.45) is 0 Å². The van der Waals surface area contributed by atoms with Gasteiger partial charge in [0.15, 0.2) is 0 Å². The SMILES string of the molecule is C/C=C(\C)[C@H](NS(=O)(=O)c1ccc(C)cc1)c1cccs1. The maximum atomic E-state index is 12.5. The molecule has 1 N–H and O–H groups in total. The fraction of sp³-hybridized carbons (Fsp3) is 0.250. The number of sulfonamides is 1. The Bertz CT molecular complexity index is 714. The van der Waals surface area contributed by atoms with Crippen molar-refractivity contribution in [1.29, 1.82) is 0 Å². The van der Waals surface area contributed by atoms with Crippen molar-refractivity contribution in [3.05, 3.63) is 63.9 Å². The van der Waals surface area contributed by atoms with Crippen LogP contribution in [-0.2, 0) is 10.0 Å². The van der Waals surface area contributed by atoms with Gasteiger partial charge in [-0.1, -0.05) is 35.4 Å². The van der Waals surface area contributed by atoms with Crippen molar-refractivity contribution in [3.8, 4) is 0 Å². The second-order valence-corrected chi connectivity index (χ2v) is 7.61. The van der Waals surface area contributed by atoms with Crippen molar-refractivity contribution in [2.45, 2.75) is 31.7 Å². The molecule has 1 aromatic heterocycles. The van der Waals surface area contributed by atoms with E-state index in [1.165, 1.54) is 0 Å². The lowest BCUT2D eigenvalue weighted by Crippen LogP contribution is -2.29. The summed E-state index contributed by atoms with van der Waals surface area (Å²) in [6.45, 7) is 5.78. The zero-order valence-electron chi connectivity index (χ0n) is 12.3. The van der Waals surface area contributed by atoms with Crippen LogP contribution in [0.15, 0.2) is 58.3 Å². The van der Waals surface area contributed by atoms with Gasteiger partial charge in [0, 0.05) is 4.88 Å². The Hall–Kier alpha value is -1.43. The first kappa shape index (κ1) is 15.9. The lowest BCUT2D eigenvalue weighted by atomic mass is 10.1. The highest BCUT2D eigenvalue weighted by Gasteiger charge is 2.22. The summed E-state index contributed by atoms with van der Waals surface area (Å²) in [5.74, 6) is 0. The van der Waals surface area contributed by atoms with E-state index >= 15 is 0 Å². The number of hydrogen-bond donors (Lipinski definition) is 1. The highest BCUT2D eigenvalue weighted by Crippen LogP contribution is 2.27. The molecule has 1 atom stereocenters. The van der Waals surface area contributed by atoms with E-state index in [9.17, 15) is 8.42 Å². The lowest BCUT2D eigenvalue weighted by Gasteiger charge is -2.18. The molecule has 0 aliphatic carbocycles. The number of rotatable bonds is 5. The molecule has 2 aromatic rings. The van der Waals surface area contributed by atoms with Crippen LogP contribution in [0.5, 0.6) is 0 Å².